The maximum atomic E-state index is 12.6. The first kappa shape index (κ1) is 25.9. The minimum absolute atomic E-state index is 0. The van der Waals surface area contributed by atoms with Gasteiger partial charge in [-0.15, -0.1) is 35.3 Å². The number of halogens is 1. The third kappa shape index (κ3) is 7.91. The van der Waals surface area contributed by atoms with Gasteiger partial charge in [0.05, 0.1) is 6.26 Å². The summed E-state index contributed by atoms with van der Waals surface area (Å²) in [5.74, 6) is 1.69. The van der Waals surface area contributed by atoms with Crippen molar-refractivity contribution in [2.75, 3.05) is 32.7 Å². The van der Waals surface area contributed by atoms with Crippen LogP contribution in [0.15, 0.2) is 44.1 Å². The summed E-state index contributed by atoms with van der Waals surface area (Å²) >= 11 is 1.33. The lowest BCUT2D eigenvalue weighted by molar-refractivity contribution is 0.447. The third-order valence-electron chi connectivity index (χ3n) is 4.15. The Labute approximate surface area is 195 Å². The van der Waals surface area contributed by atoms with Gasteiger partial charge in [-0.2, -0.15) is 4.31 Å². The first-order valence-corrected chi connectivity index (χ1v) is 11.9. The lowest BCUT2D eigenvalue weighted by atomic mass is 10.3. The average molecular weight is 555 g/mol. The van der Waals surface area contributed by atoms with E-state index in [0.717, 1.165) is 36.1 Å². The Bertz CT molecular complexity index is 832. The molecule has 0 radical (unpaired) electrons. The Morgan fingerprint density at radius 1 is 1.14 bits per heavy atom. The van der Waals surface area contributed by atoms with E-state index < -0.39 is 10.0 Å². The number of furan rings is 1. The molecule has 0 spiro atoms. The van der Waals surface area contributed by atoms with Crippen molar-refractivity contribution in [3.63, 3.8) is 0 Å². The predicted molar refractivity (Wildman–Crippen MR) is 130 cm³/mol. The first-order chi connectivity index (χ1) is 13.5. The van der Waals surface area contributed by atoms with Crippen LogP contribution in [0.5, 0.6) is 0 Å². The number of hydrogen-bond donors (Lipinski definition) is 2. The van der Waals surface area contributed by atoms with E-state index in [4.69, 9.17) is 4.42 Å². The quantitative estimate of drug-likeness (QED) is 0.253. The molecule has 0 aliphatic rings. The molecule has 0 amide bonds. The van der Waals surface area contributed by atoms with Crippen molar-refractivity contribution in [1.29, 1.82) is 0 Å². The van der Waals surface area contributed by atoms with E-state index >= 15 is 0 Å². The van der Waals surface area contributed by atoms with E-state index in [1.807, 2.05) is 39.0 Å². The molecule has 2 aromatic rings. The number of aliphatic imine (C=N–C) groups is 1. The van der Waals surface area contributed by atoms with Crippen LogP contribution in [-0.2, 0) is 22.9 Å². The third-order valence-corrected chi connectivity index (χ3v) is 7.82. The van der Waals surface area contributed by atoms with Crippen LogP contribution in [0.3, 0.4) is 0 Å². The molecule has 2 heterocycles. The van der Waals surface area contributed by atoms with E-state index in [2.05, 4.69) is 15.6 Å². The fourth-order valence-electron chi connectivity index (χ4n) is 2.70. The van der Waals surface area contributed by atoms with E-state index in [9.17, 15) is 8.42 Å². The molecule has 0 aliphatic carbocycles. The van der Waals surface area contributed by atoms with Crippen molar-refractivity contribution < 1.29 is 12.8 Å². The smallest absolute Gasteiger partial charge is 0.252 e. The summed E-state index contributed by atoms with van der Waals surface area (Å²) in [6.45, 7) is 8.77. The molecule has 0 fully saturated rings. The molecule has 0 aliphatic heterocycles. The highest BCUT2D eigenvalue weighted by Crippen LogP contribution is 2.25. The number of guanidine groups is 1. The number of nitrogens with zero attached hydrogens (tertiary/aromatic N) is 2. The molecule has 0 aromatic carbocycles. The zero-order valence-corrected chi connectivity index (χ0v) is 21.1. The Balaban J connectivity index is 0.00000420. The highest BCUT2D eigenvalue weighted by atomic mass is 127. The molecule has 7 nitrogen and oxygen atoms in total. The normalized spacial score (nSPS) is 12.1. The van der Waals surface area contributed by atoms with Gasteiger partial charge in [-0.1, -0.05) is 13.8 Å². The molecular weight excluding hydrogens is 523 g/mol. The summed E-state index contributed by atoms with van der Waals surface area (Å²) in [5, 5.41) is 6.50. The molecular formula is C19H31IN4O3S2. The summed E-state index contributed by atoms with van der Waals surface area (Å²) in [4.78, 5) is 5.59. The summed E-state index contributed by atoms with van der Waals surface area (Å²) in [6, 6.07) is 7.41. The fourth-order valence-corrected chi connectivity index (χ4v) is 5.66. The van der Waals surface area contributed by atoms with Gasteiger partial charge in [0.1, 0.15) is 9.97 Å². The van der Waals surface area contributed by atoms with Crippen LogP contribution in [0.1, 0.15) is 31.4 Å². The second-order valence-corrected chi connectivity index (χ2v) is 9.41. The molecule has 2 N–H and O–H groups in total. The minimum Gasteiger partial charge on any atom is -0.469 e. The number of thiophene rings is 1. The molecule has 0 saturated carbocycles. The zero-order valence-electron chi connectivity index (χ0n) is 17.2. The van der Waals surface area contributed by atoms with Crippen molar-refractivity contribution in [2.24, 2.45) is 4.99 Å². The van der Waals surface area contributed by atoms with Crippen molar-refractivity contribution in [2.45, 2.75) is 37.8 Å². The molecule has 29 heavy (non-hydrogen) atoms. The van der Waals surface area contributed by atoms with E-state index in [1.165, 1.54) is 15.6 Å². The highest BCUT2D eigenvalue weighted by molar-refractivity contribution is 14.0. The Morgan fingerprint density at radius 3 is 2.52 bits per heavy atom. The van der Waals surface area contributed by atoms with Crippen molar-refractivity contribution in [1.82, 2.24) is 14.9 Å². The highest BCUT2D eigenvalue weighted by Gasteiger charge is 2.23. The number of sulfonamides is 1. The summed E-state index contributed by atoms with van der Waals surface area (Å²) in [5.41, 5.74) is 0. The van der Waals surface area contributed by atoms with Crippen LogP contribution in [0, 0.1) is 0 Å². The lowest BCUT2D eigenvalue weighted by Gasteiger charge is -2.16. The Morgan fingerprint density at radius 2 is 1.90 bits per heavy atom. The molecule has 2 rings (SSSR count). The van der Waals surface area contributed by atoms with Crippen LogP contribution >= 0.6 is 35.3 Å². The summed E-state index contributed by atoms with van der Waals surface area (Å²) in [6.07, 6.45) is 3.16. The van der Waals surface area contributed by atoms with Crippen molar-refractivity contribution in [3.05, 3.63) is 41.2 Å². The molecule has 0 atom stereocenters. The number of hydrogen-bond acceptors (Lipinski definition) is 5. The van der Waals surface area contributed by atoms with Gasteiger partial charge in [0.15, 0.2) is 5.96 Å². The van der Waals surface area contributed by atoms with Crippen LogP contribution in [0.2, 0.25) is 0 Å². The molecule has 0 saturated heterocycles. The van der Waals surface area contributed by atoms with E-state index in [1.54, 1.807) is 12.3 Å². The van der Waals surface area contributed by atoms with Gasteiger partial charge in [0.2, 0.25) is 0 Å². The molecule has 164 valence electrons. The van der Waals surface area contributed by atoms with Gasteiger partial charge < -0.3 is 15.1 Å². The predicted octanol–water partition coefficient (Wildman–Crippen LogP) is 3.33. The average Bonchev–Trinajstić information content (AvgIpc) is 3.35. The number of nitrogens with one attached hydrogen (secondary N) is 2. The fraction of sp³-hybridized carbons (Fsp3) is 0.526. The second-order valence-electron chi connectivity index (χ2n) is 6.08. The van der Waals surface area contributed by atoms with Gasteiger partial charge in [0, 0.05) is 50.4 Å². The van der Waals surface area contributed by atoms with Gasteiger partial charge in [-0.3, -0.25) is 4.99 Å². The SMILES string of the molecule is CCNC(=NCCc1ccc(S(=O)(=O)N(CC)CC)s1)NCCc1ccco1.I. The summed E-state index contributed by atoms with van der Waals surface area (Å²) in [7, 11) is -3.38. The first-order valence-electron chi connectivity index (χ1n) is 9.64. The van der Waals surface area contributed by atoms with Crippen LogP contribution < -0.4 is 10.6 Å². The summed E-state index contributed by atoms with van der Waals surface area (Å²) < 4.78 is 32.3. The standard InChI is InChI=1S/C19H30N4O3S2.HI/c1-4-20-19(21-13-11-16-8-7-15-26-16)22-14-12-17-9-10-18(27-17)28(24,25)23(5-2)6-3;/h7-10,15H,4-6,11-14H2,1-3H3,(H2,20,21,22);1H. The maximum absolute atomic E-state index is 12.6. The minimum atomic E-state index is -3.38. The van der Waals surface area contributed by atoms with Crippen LogP contribution in [-0.4, -0.2) is 51.4 Å². The topological polar surface area (TPSA) is 86.9 Å². The zero-order chi connectivity index (χ0) is 20.4. The molecule has 2 aromatic heterocycles. The second kappa shape index (κ2) is 13.2. The van der Waals surface area contributed by atoms with Gasteiger partial charge in [-0.05, 0) is 31.2 Å². The van der Waals surface area contributed by atoms with Gasteiger partial charge >= 0.3 is 0 Å². The molecule has 10 heteroatoms. The van der Waals surface area contributed by atoms with Crippen molar-refractivity contribution >= 4 is 51.3 Å². The van der Waals surface area contributed by atoms with Gasteiger partial charge in [-0.25, -0.2) is 8.42 Å². The largest absolute Gasteiger partial charge is 0.469 e. The van der Waals surface area contributed by atoms with Crippen molar-refractivity contribution in [3.8, 4) is 0 Å². The van der Waals surface area contributed by atoms with E-state index in [0.29, 0.717) is 30.3 Å². The lowest BCUT2D eigenvalue weighted by Crippen LogP contribution is -2.38. The monoisotopic (exact) mass is 554 g/mol. The molecule has 0 unspecified atom stereocenters. The Kier molecular flexibility index (Phi) is 11.8. The number of rotatable bonds is 11. The van der Waals surface area contributed by atoms with E-state index in [-0.39, 0.29) is 24.0 Å². The van der Waals surface area contributed by atoms with Gasteiger partial charge in [0.25, 0.3) is 10.0 Å². The Hall–Kier alpha value is -1.11. The molecule has 0 bridgehead atoms. The maximum Gasteiger partial charge on any atom is 0.252 e. The van der Waals surface area contributed by atoms with Crippen LogP contribution in [0.25, 0.3) is 0 Å². The van der Waals surface area contributed by atoms with Crippen LogP contribution in [0.4, 0.5) is 0 Å².